The summed E-state index contributed by atoms with van der Waals surface area (Å²) >= 11 is 0. The number of aliphatic carboxylic acids is 1. The van der Waals surface area contributed by atoms with Gasteiger partial charge in [0.1, 0.15) is 0 Å². The molecular weight excluding hydrogens is 191 g/mol. The van der Waals surface area contributed by atoms with Gasteiger partial charge in [-0.2, -0.15) is 0 Å². The van der Waals surface area contributed by atoms with Crippen LogP contribution in [0.1, 0.15) is 11.7 Å². The summed E-state index contributed by atoms with van der Waals surface area (Å²) in [6.07, 6.45) is -2.25. The zero-order chi connectivity index (χ0) is 10.7. The molecule has 0 bridgehead atoms. The van der Waals surface area contributed by atoms with Crippen LogP contribution in [0, 0.1) is 0 Å². The SMILES string of the molecule is COc1cccc(C(F)C(=O)O)c1O. The highest BCUT2D eigenvalue weighted by molar-refractivity contribution is 5.75. The third-order valence-corrected chi connectivity index (χ3v) is 1.74. The van der Waals surface area contributed by atoms with Crippen LogP contribution in [0.25, 0.3) is 0 Å². The number of phenolic OH excluding ortho intramolecular Hbond substituents is 1. The van der Waals surface area contributed by atoms with Gasteiger partial charge in [-0.05, 0) is 6.07 Å². The van der Waals surface area contributed by atoms with Crippen LogP contribution in [0.2, 0.25) is 0 Å². The number of methoxy groups -OCH3 is 1. The van der Waals surface area contributed by atoms with Crippen LogP contribution in [-0.4, -0.2) is 23.3 Å². The summed E-state index contributed by atoms with van der Waals surface area (Å²) in [6, 6.07) is 4.01. The molecular formula is C9H9FO4. The number of carboxylic acids is 1. The molecule has 0 aliphatic rings. The molecule has 1 unspecified atom stereocenters. The zero-order valence-electron chi connectivity index (χ0n) is 7.40. The molecule has 1 rings (SSSR count). The van der Waals surface area contributed by atoms with Crippen LogP contribution in [0.5, 0.6) is 11.5 Å². The molecule has 0 radical (unpaired) electrons. The molecule has 14 heavy (non-hydrogen) atoms. The van der Waals surface area contributed by atoms with E-state index in [2.05, 4.69) is 0 Å². The van der Waals surface area contributed by atoms with Crippen molar-refractivity contribution in [1.82, 2.24) is 0 Å². The first-order valence-corrected chi connectivity index (χ1v) is 3.80. The normalized spacial score (nSPS) is 12.1. The lowest BCUT2D eigenvalue weighted by Gasteiger charge is -2.09. The van der Waals surface area contributed by atoms with Crippen LogP contribution in [-0.2, 0) is 4.79 Å². The first kappa shape index (κ1) is 10.3. The largest absolute Gasteiger partial charge is 0.504 e. The van der Waals surface area contributed by atoms with Crippen molar-refractivity contribution < 1.29 is 24.1 Å². The monoisotopic (exact) mass is 200 g/mol. The fourth-order valence-electron chi connectivity index (χ4n) is 1.04. The Labute approximate surface area is 79.6 Å². The van der Waals surface area contributed by atoms with Gasteiger partial charge in [0, 0.05) is 5.56 Å². The number of para-hydroxylation sites is 1. The van der Waals surface area contributed by atoms with E-state index in [1.807, 2.05) is 0 Å². The summed E-state index contributed by atoms with van der Waals surface area (Å²) < 4.78 is 17.7. The molecule has 2 N–H and O–H groups in total. The highest BCUT2D eigenvalue weighted by Gasteiger charge is 2.23. The maximum atomic E-state index is 13.0. The molecule has 1 aromatic carbocycles. The number of rotatable bonds is 3. The van der Waals surface area contributed by atoms with E-state index < -0.39 is 17.9 Å². The molecule has 5 heteroatoms. The number of benzene rings is 1. The average Bonchev–Trinajstić information content (AvgIpc) is 2.17. The Morgan fingerprint density at radius 3 is 2.71 bits per heavy atom. The van der Waals surface area contributed by atoms with Gasteiger partial charge in [-0.1, -0.05) is 12.1 Å². The number of ether oxygens (including phenoxy) is 1. The van der Waals surface area contributed by atoms with Gasteiger partial charge >= 0.3 is 5.97 Å². The molecule has 0 aliphatic carbocycles. The lowest BCUT2D eigenvalue weighted by atomic mass is 10.1. The number of phenols is 1. The van der Waals surface area contributed by atoms with Gasteiger partial charge in [-0.3, -0.25) is 0 Å². The number of aromatic hydroxyl groups is 1. The summed E-state index contributed by atoms with van der Waals surface area (Å²) in [6.45, 7) is 0. The molecule has 1 atom stereocenters. The van der Waals surface area contributed by atoms with Gasteiger partial charge in [0.2, 0.25) is 6.17 Å². The van der Waals surface area contributed by atoms with Crippen molar-refractivity contribution in [3.05, 3.63) is 23.8 Å². The second-order valence-electron chi connectivity index (χ2n) is 2.60. The van der Waals surface area contributed by atoms with Gasteiger partial charge < -0.3 is 14.9 Å². The van der Waals surface area contributed by atoms with Crippen molar-refractivity contribution >= 4 is 5.97 Å². The molecule has 4 nitrogen and oxygen atoms in total. The number of hydrogen-bond donors (Lipinski definition) is 2. The fraction of sp³-hybridized carbons (Fsp3) is 0.222. The van der Waals surface area contributed by atoms with Gasteiger partial charge in [0.05, 0.1) is 7.11 Å². The maximum Gasteiger partial charge on any atom is 0.343 e. The average molecular weight is 200 g/mol. The first-order chi connectivity index (χ1) is 6.57. The molecule has 1 aromatic rings. The van der Waals surface area contributed by atoms with E-state index in [-0.39, 0.29) is 11.3 Å². The Morgan fingerprint density at radius 1 is 1.57 bits per heavy atom. The van der Waals surface area contributed by atoms with Crippen molar-refractivity contribution in [3.63, 3.8) is 0 Å². The Balaban J connectivity index is 3.15. The van der Waals surface area contributed by atoms with E-state index in [9.17, 15) is 14.3 Å². The summed E-state index contributed by atoms with van der Waals surface area (Å²) in [5, 5.41) is 17.8. The van der Waals surface area contributed by atoms with Crippen LogP contribution in [0.4, 0.5) is 4.39 Å². The second kappa shape index (κ2) is 3.95. The third-order valence-electron chi connectivity index (χ3n) is 1.74. The predicted molar refractivity (Wildman–Crippen MR) is 46.1 cm³/mol. The molecule has 0 aromatic heterocycles. The fourth-order valence-corrected chi connectivity index (χ4v) is 1.04. The topological polar surface area (TPSA) is 66.8 Å². The van der Waals surface area contributed by atoms with E-state index in [0.29, 0.717) is 0 Å². The zero-order valence-corrected chi connectivity index (χ0v) is 7.40. The second-order valence-corrected chi connectivity index (χ2v) is 2.60. The van der Waals surface area contributed by atoms with Crippen molar-refractivity contribution in [2.24, 2.45) is 0 Å². The minimum atomic E-state index is -2.25. The van der Waals surface area contributed by atoms with Crippen molar-refractivity contribution in [1.29, 1.82) is 0 Å². The summed E-state index contributed by atoms with van der Waals surface area (Å²) in [4.78, 5) is 10.3. The quantitative estimate of drug-likeness (QED) is 0.775. The minimum absolute atomic E-state index is 0.0476. The van der Waals surface area contributed by atoms with E-state index in [0.717, 1.165) is 0 Å². The van der Waals surface area contributed by atoms with E-state index >= 15 is 0 Å². The van der Waals surface area contributed by atoms with Crippen LogP contribution in [0.3, 0.4) is 0 Å². The maximum absolute atomic E-state index is 13.0. The molecule has 0 aliphatic heterocycles. The molecule has 0 fully saturated rings. The first-order valence-electron chi connectivity index (χ1n) is 3.80. The highest BCUT2D eigenvalue weighted by atomic mass is 19.1. The van der Waals surface area contributed by atoms with Gasteiger partial charge in [0.25, 0.3) is 0 Å². The summed E-state index contributed by atoms with van der Waals surface area (Å²) in [7, 11) is 1.30. The molecule has 0 saturated heterocycles. The number of carboxylic acid groups (broad SMARTS) is 1. The summed E-state index contributed by atoms with van der Waals surface area (Å²) in [5.41, 5.74) is -0.308. The smallest absolute Gasteiger partial charge is 0.343 e. The van der Waals surface area contributed by atoms with Crippen molar-refractivity contribution in [2.75, 3.05) is 7.11 Å². The Kier molecular flexibility index (Phi) is 2.91. The number of alkyl halides is 1. The standard InChI is InChI=1S/C9H9FO4/c1-14-6-4-2-3-5(8(6)11)7(10)9(12)13/h2-4,7,11H,1H3,(H,12,13). The Hall–Kier alpha value is -1.78. The number of carbonyl (C=O) groups is 1. The van der Waals surface area contributed by atoms with Crippen molar-refractivity contribution in [2.45, 2.75) is 6.17 Å². The minimum Gasteiger partial charge on any atom is -0.504 e. The van der Waals surface area contributed by atoms with Gasteiger partial charge in [0.15, 0.2) is 11.5 Å². The van der Waals surface area contributed by atoms with Crippen LogP contribution in [0.15, 0.2) is 18.2 Å². The Bertz CT molecular complexity index is 351. The van der Waals surface area contributed by atoms with Gasteiger partial charge in [-0.15, -0.1) is 0 Å². The molecule has 0 spiro atoms. The molecule has 0 heterocycles. The number of halogens is 1. The Morgan fingerprint density at radius 2 is 2.21 bits per heavy atom. The van der Waals surface area contributed by atoms with E-state index in [1.165, 1.54) is 25.3 Å². The van der Waals surface area contributed by atoms with E-state index in [1.54, 1.807) is 0 Å². The number of hydrogen-bond acceptors (Lipinski definition) is 3. The van der Waals surface area contributed by atoms with Crippen LogP contribution >= 0.6 is 0 Å². The molecule has 76 valence electrons. The van der Waals surface area contributed by atoms with Gasteiger partial charge in [-0.25, -0.2) is 9.18 Å². The molecule has 0 saturated carbocycles. The third kappa shape index (κ3) is 1.76. The molecule has 0 amide bonds. The summed E-state index contributed by atoms with van der Waals surface area (Å²) in [5.74, 6) is -2.08. The van der Waals surface area contributed by atoms with E-state index in [4.69, 9.17) is 9.84 Å². The predicted octanol–water partition coefficient (Wildman–Crippen LogP) is 1.50. The lowest BCUT2D eigenvalue weighted by Crippen LogP contribution is -2.06. The van der Waals surface area contributed by atoms with Crippen LogP contribution < -0.4 is 4.74 Å². The lowest BCUT2D eigenvalue weighted by molar-refractivity contribution is -0.143. The van der Waals surface area contributed by atoms with Crippen molar-refractivity contribution in [3.8, 4) is 11.5 Å². The highest BCUT2D eigenvalue weighted by Crippen LogP contribution is 2.34.